The van der Waals surface area contributed by atoms with Crippen LogP contribution in [0.15, 0.2) is 54.6 Å². The molecule has 0 aliphatic heterocycles. The molecule has 0 heterocycles. The minimum Gasteiger partial charge on any atom is -0.494 e. The van der Waals surface area contributed by atoms with Crippen LogP contribution >= 0.6 is 0 Å². The lowest BCUT2D eigenvalue weighted by molar-refractivity contribution is 0.0171. The van der Waals surface area contributed by atoms with Gasteiger partial charge in [-0.25, -0.2) is 0 Å². The van der Waals surface area contributed by atoms with Crippen LogP contribution in [0.1, 0.15) is 30.3 Å². The van der Waals surface area contributed by atoms with E-state index in [1.807, 2.05) is 31.2 Å². The zero-order valence-electron chi connectivity index (χ0n) is 10.9. The summed E-state index contributed by atoms with van der Waals surface area (Å²) in [4.78, 5) is 0. The quantitative estimate of drug-likeness (QED) is 0.867. The summed E-state index contributed by atoms with van der Waals surface area (Å²) in [5.74, 6) is 0.694. The van der Waals surface area contributed by atoms with Gasteiger partial charge in [0.25, 0.3) is 0 Å². The van der Waals surface area contributed by atoms with E-state index in [1.165, 1.54) is 0 Å². The maximum Gasteiger partial charge on any atom is 0.119 e. The lowest BCUT2D eigenvalue weighted by Gasteiger charge is -2.19. The third-order valence-corrected chi connectivity index (χ3v) is 2.95. The van der Waals surface area contributed by atoms with E-state index in [1.54, 1.807) is 30.3 Å². The average molecular weight is 258 g/mol. The summed E-state index contributed by atoms with van der Waals surface area (Å²) in [6, 6.07) is 16.3. The molecule has 0 amide bonds. The third kappa shape index (κ3) is 3.34. The summed E-state index contributed by atoms with van der Waals surface area (Å²) in [5, 5.41) is 20.4. The van der Waals surface area contributed by atoms with Crippen LogP contribution in [0, 0.1) is 0 Å². The average Bonchev–Trinajstić information content (AvgIpc) is 2.47. The molecule has 0 aliphatic carbocycles. The third-order valence-electron chi connectivity index (χ3n) is 2.95. The summed E-state index contributed by atoms with van der Waals surface area (Å²) >= 11 is 0. The molecule has 100 valence electrons. The van der Waals surface area contributed by atoms with Crippen LogP contribution in [0.25, 0.3) is 0 Å². The van der Waals surface area contributed by atoms with Crippen LogP contribution in [0.4, 0.5) is 0 Å². The second-order valence-electron chi connectivity index (χ2n) is 4.31. The standard InChI is InChI=1S/C16H18O3/c1-2-19-14-10-6-9-13(11-14)16(18)15(17)12-7-4-3-5-8-12/h3-11,15-18H,2H2,1H3. The predicted octanol–water partition coefficient (Wildman–Crippen LogP) is 2.85. The summed E-state index contributed by atoms with van der Waals surface area (Å²) < 4.78 is 5.39. The van der Waals surface area contributed by atoms with Crippen LogP contribution in [0.3, 0.4) is 0 Å². The minimum atomic E-state index is -0.970. The van der Waals surface area contributed by atoms with E-state index in [9.17, 15) is 10.2 Å². The van der Waals surface area contributed by atoms with Crippen LogP contribution in [0.2, 0.25) is 0 Å². The van der Waals surface area contributed by atoms with Gasteiger partial charge < -0.3 is 14.9 Å². The fourth-order valence-corrected chi connectivity index (χ4v) is 1.97. The van der Waals surface area contributed by atoms with E-state index in [0.29, 0.717) is 23.5 Å². The van der Waals surface area contributed by atoms with Crippen LogP contribution in [-0.4, -0.2) is 16.8 Å². The number of benzene rings is 2. The van der Waals surface area contributed by atoms with E-state index < -0.39 is 12.2 Å². The molecule has 2 atom stereocenters. The van der Waals surface area contributed by atoms with E-state index in [0.717, 1.165) is 0 Å². The number of rotatable bonds is 5. The molecule has 0 aromatic heterocycles. The fraction of sp³-hybridized carbons (Fsp3) is 0.250. The number of hydrogen-bond acceptors (Lipinski definition) is 3. The number of hydrogen-bond donors (Lipinski definition) is 2. The highest BCUT2D eigenvalue weighted by molar-refractivity contribution is 5.32. The molecule has 0 spiro atoms. The Labute approximate surface area is 113 Å². The molecule has 0 saturated carbocycles. The van der Waals surface area contributed by atoms with Gasteiger partial charge in [0.2, 0.25) is 0 Å². The molecule has 3 nitrogen and oxygen atoms in total. The van der Waals surface area contributed by atoms with Crippen molar-refractivity contribution >= 4 is 0 Å². The Bertz CT molecular complexity index is 510. The summed E-state index contributed by atoms with van der Waals surface area (Å²) in [7, 11) is 0. The highest BCUT2D eigenvalue weighted by atomic mass is 16.5. The fourth-order valence-electron chi connectivity index (χ4n) is 1.97. The van der Waals surface area contributed by atoms with Gasteiger partial charge in [-0.3, -0.25) is 0 Å². The summed E-state index contributed by atoms with van der Waals surface area (Å²) in [6.45, 7) is 2.47. The Morgan fingerprint density at radius 2 is 1.53 bits per heavy atom. The van der Waals surface area contributed by atoms with Crippen molar-refractivity contribution in [2.45, 2.75) is 19.1 Å². The molecule has 2 aromatic rings. The van der Waals surface area contributed by atoms with Crippen LogP contribution < -0.4 is 4.74 Å². The molecular formula is C16H18O3. The molecule has 0 saturated heterocycles. The monoisotopic (exact) mass is 258 g/mol. The molecule has 0 aliphatic rings. The highest BCUT2D eigenvalue weighted by Crippen LogP contribution is 2.30. The second-order valence-corrected chi connectivity index (χ2v) is 4.31. The Morgan fingerprint density at radius 3 is 2.21 bits per heavy atom. The van der Waals surface area contributed by atoms with Gasteiger partial charge in [0.15, 0.2) is 0 Å². The maximum atomic E-state index is 10.2. The second kappa shape index (κ2) is 6.36. The van der Waals surface area contributed by atoms with Crippen molar-refractivity contribution in [1.29, 1.82) is 0 Å². The molecule has 2 unspecified atom stereocenters. The lowest BCUT2D eigenvalue weighted by atomic mass is 9.98. The zero-order valence-corrected chi connectivity index (χ0v) is 10.9. The van der Waals surface area contributed by atoms with Gasteiger partial charge >= 0.3 is 0 Å². The van der Waals surface area contributed by atoms with Crippen molar-refractivity contribution in [2.75, 3.05) is 6.61 Å². The van der Waals surface area contributed by atoms with Crippen molar-refractivity contribution in [1.82, 2.24) is 0 Å². The van der Waals surface area contributed by atoms with Gasteiger partial charge in [-0.15, -0.1) is 0 Å². The first-order valence-electron chi connectivity index (χ1n) is 6.36. The molecule has 0 bridgehead atoms. The molecule has 2 aromatic carbocycles. The topological polar surface area (TPSA) is 49.7 Å². The molecule has 2 rings (SSSR count). The van der Waals surface area contributed by atoms with E-state index in [2.05, 4.69) is 0 Å². The highest BCUT2D eigenvalue weighted by Gasteiger charge is 2.20. The van der Waals surface area contributed by atoms with Gasteiger partial charge in [0.1, 0.15) is 18.0 Å². The van der Waals surface area contributed by atoms with Gasteiger partial charge in [-0.2, -0.15) is 0 Å². The Balaban J connectivity index is 2.19. The zero-order chi connectivity index (χ0) is 13.7. The van der Waals surface area contributed by atoms with Crippen molar-refractivity contribution in [3.8, 4) is 5.75 Å². The van der Waals surface area contributed by atoms with Crippen molar-refractivity contribution in [3.05, 3.63) is 65.7 Å². The summed E-state index contributed by atoms with van der Waals surface area (Å²) in [5.41, 5.74) is 1.33. The number of ether oxygens (including phenoxy) is 1. The number of aliphatic hydroxyl groups is 2. The van der Waals surface area contributed by atoms with E-state index >= 15 is 0 Å². The van der Waals surface area contributed by atoms with Gasteiger partial charge in [0, 0.05) is 0 Å². The van der Waals surface area contributed by atoms with Crippen molar-refractivity contribution in [3.63, 3.8) is 0 Å². The van der Waals surface area contributed by atoms with Crippen LogP contribution in [-0.2, 0) is 0 Å². The molecule has 19 heavy (non-hydrogen) atoms. The maximum absolute atomic E-state index is 10.2. The Kier molecular flexibility index (Phi) is 4.55. The molecule has 2 N–H and O–H groups in total. The predicted molar refractivity (Wildman–Crippen MR) is 74.0 cm³/mol. The van der Waals surface area contributed by atoms with Crippen molar-refractivity contribution in [2.24, 2.45) is 0 Å². The minimum absolute atomic E-state index is 0.570. The van der Waals surface area contributed by atoms with Gasteiger partial charge in [-0.05, 0) is 30.2 Å². The SMILES string of the molecule is CCOc1cccc(C(O)C(O)c2ccccc2)c1. The van der Waals surface area contributed by atoms with E-state index in [4.69, 9.17) is 4.74 Å². The lowest BCUT2D eigenvalue weighted by Crippen LogP contribution is -2.10. The Morgan fingerprint density at radius 1 is 0.895 bits per heavy atom. The van der Waals surface area contributed by atoms with Gasteiger partial charge in [0.05, 0.1) is 6.61 Å². The largest absolute Gasteiger partial charge is 0.494 e. The van der Waals surface area contributed by atoms with Crippen LogP contribution in [0.5, 0.6) is 5.75 Å². The first-order chi connectivity index (χ1) is 9.22. The normalized spacial score (nSPS) is 13.8. The smallest absolute Gasteiger partial charge is 0.119 e. The van der Waals surface area contributed by atoms with Crippen molar-refractivity contribution < 1.29 is 14.9 Å². The molecule has 0 fully saturated rings. The molecule has 0 radical (unpaired) electrons. The van der Waals surface area contributed by atoms with Gasteiger partial charge in [-0.1, -0.05) is 42.5 Å². The molecular weight excluding hydrogens is 240 g/mol. The summed E-state index contributed by atoms with van der Waals surface area (Å²) in [6.07, 6.45) is -1.92. The number of aliphatic hydroxyl groups excluding tert-OH is 2. The Hall–Kier alpha value is -1.84. The molecule has 3 heteroatoms. The van der Waals surface area contributed by atoms with E-state index in [-0.39, 0.29) is 0 Å². The first-order valence-corrected chi connectivity index (χ1v) is 6.36. The first kappa shape index (κ1) is 13.6.